The zero-order chi connectivity index (χ0) is 17.8. The van der Waals surface area contributed by atoms with Crippen molar-refractivity contribution < 1.29 is 18.3 Å². The van der Waals surface area contributed by atoms with Crippen LogP contribution in [0.3, 0.4) is 0 Å². The zero-order valence-electron chi connectivity index (χ0n) is 13.0. The number of rotatable bonds is 3. The van der Waals surface area contributed by atoms with Gasteiger partial charge in [0, 0.05) is 36.5 Å². The van der Waals surface area contributed by atoms with E-state index in [4.69, 9.17) is 5.41 Å². The maximum Gasteiger partial charge on any atom is 0.416 e. The van der Waals surface area contributed by atoms with Crippen LogP contribution in [0.5, 0.6) is 0 Å². The topological polar surface area (TPSA) is 75.9 Å². The average Bonchev–Trinajstić information content (AvgIpc) is 3.16. The van der Waals surface area contributed by atoms with E-state index in [1.54, 1.807) is 6.07 Å². The van der Waals surface area contributed by atoms with Crippen molar-refractivity contribution in [2.45, 2.75) is 18.0 Å². The quantitative estimate of drug-likeness (QED) is 0.680. The molecule has 1 aliphatic heterocycles. The van der Waals surface area contributed by atoms with Gasteiger partial charge in [-0.15, -0.1) is 0 Å². The minimum absolute atomic E-state index is 0.112. The number of hydrogen-bond donors (Lipinski definition) is 1. The lowest BCUT2D eigenvalue weighted by Crippen LogP contribution is -2.28. The molecule has 5 nitrogen and oxygen atoms in total. The third-order valence-electron chi connectivity index (χ3n) is 5.09. The summed E-state index contributed by atoms with van der Waals surface area (Å²) in [6.07, 6.45) is -0.887. The average molecular weight is 347 g/mol. The number of nitrogens with zero attached hydrogens (tertiary/aromatic N) is 3. The largest absolute Gasteiger partial charge is 0.859 e. The third kappa shape index (κ3) is 2.61. The Labute approximate surface area is 141 Å². The highest BCUT2D eigenvalue weighted by Gasteiger charge is 2.61. The lowest BCUT2D eigenvalue weighted by Gasteiger charge is -2.22. The Morgan fingerprint density at radius 1 is 1.28 bits per heavy atom. The predicted molar refractivity (Wildman–Crippen MR) is 82.3 cm³/mol. The molecule has 1 N–H and O–H groups in total. The third-order valence-corrected chi connectivity index (χ3v) is 5.09. The van der Waals surface area contributed by atoms with Gasteiger partial charge in [-0.2, -0.15) is 13.2 Å². The minimum atomic E-state index is -4.35. The fraction of sp³-hybridized carbons (Fsp3) is 0.353. The first kappa shape index (κ1) is 15.9. The van der Waals surface area contributed by atoms with Crippen LogP contribution in [-0.4, -0.2) is 29.0 Å². The lowest BCUT2D eigenvalue weighted by molar-refractivity contribution is -0.214. The molecule has 1 aliphatic carbocycles. The second kappa shape index (κ2) is 5.18. The number of halogens is 3. The van der Waals surface area contributed by atoms with Crippen molar-refractivity contribution in [3.8, 4) is 0 Å². The Morgan fingerprint density at radius 2 is 2.00 bits per heavy atom. The number of piperidine rings is 1. The molecular weight excluding hydrogens is 333 g/mol. The minimum Gasteiger partial charge on any atom is -0.859 e. The number of hydrogen-bond acceptors (Lipinski definition) is 5. The molecule has 0 unspecified atom stereocenters. The molecule has 0 radical (unpaired) electrons. The second-order valence-electron chi connectivity index (χ2n) is 6.62. The van der Waals surface area contributed by atoms with Gasteiger partial charge in [-0.25, -0.2) is 9.97 Å². The summed E-state index contributed by atoms with van der Waals surface area (Å²) in [6, 6.07) is 5.54. The van der Waals surface area contributed by atoms with Crippen molar-refractivity contribution >= 4 is 11.8 Å². The van der Waals surface area contributed by atoms with Gasteiger partial charge >= 0.3 is 6.18 Å². The molecule has 1 aromatic carbocycles. The summed E-state index contributed by atoms with van der Waals surface area (Å²) in [5.74, 6) is -0.142. The Balaban J connectivity index is 1.57. The SMILES string of the molecule is N=C([O-])c1cnc(N2C[C@H]3C[C@@]3(c3cccc(C(F)(F)F)c3)C2)nc1. The van der Waals surface area contributed by atoms with E-state index in [1.165, 1.54) is 24.5 Å². The van der Waals surface area contributed by atoms with Crippen molar-refractivity contribution in [3.63, 3.8) is 0 Å². The molecule has 0 amide bonds. The van der Waals surface area contributed by atoms with Gasteiger partial charge in [0.25, 0.3) is 0 Å². The summed E-state index contributed by atoms with van der Waals surface area (Å²) in [6.45, 7) is 1.22. The molecule has 1 saturated heterocycles. The number of benzene rings is 1. The van der Waals surface area contributed by atoms with E-state index in [-0.39, 0.29) is 16.9 Å². The first-order chi connectivity index (χ1) is 11.8. The maximum absolute atomic E-state index is 13.0. The van der Waals surface area contributed by atoms with Crippen molar-refractivity contribution in [2.75, 3.05) is 18.0 Å². The Morgan fingerprint density at radius 3 is 2.64 bits per heavy atom. The molecule has 8 heteroatoms. The van der Waals surface area contributed by atoms with E-state index in [9.17, 15) is 18.3 Å². The van der Waals surface area contributed by atoms with Crippen molar-refractivity contribution in [1.29, 1.82) is 5.41 Å². The predicted octanol–water partition coefficient (Wildman–Crippen LogP) is 1.96. The molecular formula is C17H14F3N4O-. The highest BCUT2D eigenvalue weighted by Crippen LogP contribution is 2.59. The first-order valence-electron chi connectivity index (χ1n) is 7.80. The summed E-state index contributed by atoms with van der Waals surface area (Å²) >= 11 is 0. The number of nitrogens with one attached hydrogen (secondary N) is 1. The smallest absolute Gasteiger partial charge is 0.416 e. The van der Waals surface area contributed by atoms with Crippen LogP contribution in [0.2, 0.25) is 0 Å². The summed E-state index contributed by atoms with van der Waals surface area (Å²) in [7, 11) is 0. The van der Waals surface area contributed by atoms with Crippen LogP contribution in [-0.2, 0) is 11.6 Å². The molecule has 2 aromatic rings. The van der Waals surface area contributed by atoms with E-state index in [0.717, 1.165) is 12.5 Å². The van der Waals surface area contributed by atoms with Crippen LogP contribution in [0.25, 0.3) is 0 Å². The molecule has 2 atom stereocenters. The van der Waals surface area contributed by atoms with Crippen LogP contribution < -0.4 is 10.0 Å². The highest BCUT2D eigenvalue weighted by molar-refractivity contribution is 5.87. The molecule has 1 saturated carbocycles. The van der Waals surface area contributed by atoms with Crippen molar-refractivity contribution in [1.82, 2.24) is 9.97 Å². The Hall–Kier alpha value is -2.64. The van der Waals surface area contributed by atoms with Crippen LogP contribution >= 0.6 is 0 Å². The van der Waals surface area contributed by atoms with Crippen LogP contribution in [0.15, 0.2) is 36.7 Å². The Bertz CT molecular complexity index is 837. The molecule has 0 spiro atoms. The maximum atomic E-state index is 13.0. The molecule has 2 heterocycles. The standard InChI is InChI=1S/C17H15F3N4O/c18-17(19,20)12-3-1-2-11(4-12)16-5-13(16)8-24(9-16)15-22-6-10(7-23-15)14(21)25/h1-4,6-7,13H,5,8-9H2,(H2,21,25)/p-1/t13-,16+/m1/s1. The highest BCUT2D eigenvalue weighted by atomic mass is 19.4. The van der Waals surface area contributed by atoms with Gasteiger partial charge in [0.2, 0.25) is 5.95 Å². The van der Waals surface area contributed by atoms with E-state index < -0.39 is 17.6 Å². The Kier molecular flexibility index (Phi) is 3.28. The van der Waals surface area contributed by atoms with Gasteiger partial charge in [0.15, 0.2) is 0 Å². The second-order valence-corrected chi connectivity index (χ2v) is 6.62. The normalized spacial score (nSPS) is 24.9. The number of alkyl halides is 3. The molecule has 2 fully saturated rings. The number of aromatic nitrogens is 2. The summed E-state index contributed by atoms with van der Waals surface area (Å²) in [5.41, 5.74) is -0.0966. The zero-order valence-corrected chi connectivity index (χ0v) is 13.0. The summed E-state index contributed by atoms with van der Waals surface area (Å²) in [4.78, 5) is 10.1. The van der Waals surface area contributed by atoms with E-state index in [1.807, 2.05) is 4.90 Å². The molecule has 4 rings (SSSR count). The monoisotopic (exact) mass is 347 g/mol. The van der Waals surface area contributed by atoms with Crippen LogP contribution in [0.1, 0.15) is 23.1 Å². The lowest BCUT2D eigenvalue weighted by atomic mass is 9.93. The fourth-order valence-corrected chi connectivity index (χ4v) is 3.69. The molecule has 0 bridgehead atoms. The molecule has 25 heavy (non-hydrogen) atoms. The van der Waals surface area contributed by atoms with Crippen LogP contribution in [0, 0.1) is 11.3 Å². The fourth-order valence-electron chi connectivity index (χ4n) is 3.69. The molecule has 130 valence electrons. The molecule has 1 aromatic heterocycles. The van der Waals surface area contributed by atoms with Gasteiger partial charge in [-0.3, -0.25) is 0 Å². The van der Waals surface area contributed by atoms with Gasteiger partial charge in [-0.05, 0) is 29.9 Å². The number of anilines is 1. The van der Waals surface area contributed by atoms with Gasteiger partial charge in [0.05, 0.1) is 5.56 Å². The van der Waals surface area contributed by atoms with E-state index >= 15 is 0 Å². The molecule has 2 aliphatic rings. The van der Waals surface area contributed by atoms with Crippen molar-refractivity contribution in [3.05, 3.63) is 53.3 Å². The van der Waals surface area contributed by atoms with E-state index in [2.05, 4.69) is 9.97 Å². The first-order valence-corrected chi connectivity index (χ1v) is 7.80. The van der Waals surface area contributed by atoms with Crippen LogP contribution in [0.4, 0.5) is 19.1 Å². The summed E-state index contributed by atoms with van der Waals surface area (Å²) in [5, 5.41) is 18.0. The van der Waals surface area contributed by atoms with Gasteiger partial charge in [-0.1, -0.05) is 18.2 Å². The van der Waals surface area contributed by atoms with Gasteiger partial charge < -0.3 is 15.4 Å². The number of fused-ring (bicyclic) bond motifs is 1. The van der Waals surface area contributed by atoms with Crippen molar-refractivity contribution in [2.24, 2.45) is 5.92 Å². The van der Waals surface area contributed by atoms with E-state index in [0.29, 0.717) is 24.6 Å². The van der Waals surface area contributed by atoms with Gasteiger partial charge in [0.1, 0.15) is 0 Å². The summed E-state index contributed by atoms with van der Waals surface area (Å²) < 4.78 is 38.9.